The van der Waals surface area contributed by atoms with Crippen molar-refractivity contribution in [2.75, 3.05) is 16.8 Å². The minimum absolute atomic E-state index is 0.0287. The molecule has 28 heavy (non-hydrogen) atoms. The average molecular weight is 396 g/mol. The molecule has 1 fully saturated rings. The number of nitrogens with zero attached hydrogens (tertiary/aromatic N) is 3. The molecule has 0 radical (unpaired) electrons. The molecular formula is C20H17FN4O2S. The summed E-state index contributed by atoms with van der Waals surface area (Å²) in [6.45, 7) is 2.51. The molecule has 4 rings (SSSR count). The molecule has 1 aromatic heterocycles. The summed E-state index contributed by atoms with van der Waals surface area (Å²) in [5, 5.41) is 11.6. The summed E-state index contributed by atoms with van der Waals surface area (Å²) < 4.78 is 13.7. The lowest BCUT2D eigenvalue weighted by molar-refractivity contribution is -0.117. The third-order valence-corrected chi connectivity index (χ3v) is 5.60. The number of benzene rings is 2. The molecule has 142 valence electrons. The number of carbonyl (C=O) groups excluding carboxylic acids is 2. The average Bonchev–Trinajstić information content (AvgIpc) is 3.29. The summed E-state index contributed by atoms with van der Waals surface area (Å²) in [6.07, 6.45) is 0.337. The van der Waals surface area contributed by atoms with Crippen LogP contribution in [0.5, 0.6) is 0 Å². The van der Waals surface area contributed by atoms with Crippen LogP contribution in [0.25, 0.3) is 0 Å². The number of halogens is 1. The highest BCUT2D eigenvalue weighted by atomic mass is 32.1. The number of anilines is 2. The van der Waals surface area contributed by atoms with Gasteiger partial charge in [0.05, 0.1) is 5.56 Å². The first kappa shape index (κ1) is 18.2. The summed E-state index contributed by atoms with van der Waals surface area (Å²) in [5.74, 6) is -1.24. The van der Waals surface area contributed by atoms with Crippen LogP contribution < -0.4 is 10.2 Å². The van der Waals surface area contributed by atoms with Crippen molar-refractivity contribution in [2.24, 2.45) is 0 Å². The van der Waals surface area contributed by atoms with Gasteiger partial charge in [0.2, 0.25) is 11.0 Å². The number of aryl methyl sites for hydroxylation is 1. The van der Waals surface area contributed by atoms with Gasteiger partial charge in [-0.05, 0) is 31.2 Å². The van der Waals surface area contributed by atoms with Crippen LogP contribution in [-0.2, 0) is 4.79 Å². The first-order valence-corrected chi connectivity index (χ1v) is 9.59. The molecular weight excluding hydrogens is 379 g/mol. The van der Waals surface area contributed by atoms with E-state index in [1.165, 1.54) is 29.5 Å². The second-order valence-electron chi connectivity index (χ2n) is 6.62. The first-order valence-electron chi connectivity index (χ1n) is 8.77. The molecule has 2 amide bonds. The van der Waals surface area contributed by atoms with Gasteiger partial charge in [-0.1, -0.05) is 41.2 Å². The highest BCUT2D eigenvalue weighted by Gasteiger charge is 2.34. The fourth-order valence-corrected chi connectivity index (χ4v) is 3.94. The molecule has 1 N–H and O–H groups in total. The van der Waals surface area contributed by atoms with E-state index in [1.54, 1.807) is 11.0 Å². The summed E-state index contributed by atoms with van der Waals surface area (Å²) in [7, 11) is 0. The maximum Gasteiger partial charge on any atom is 0.260 e. The van der Waals surface area contributed by atoms with Crippen molar-refractivity contribution < 1.29 is 14.0 Å². The lowest BCUT2D eigenvalue weighted by Crippen LogP contribution is -2.24. The second kappa shape index (κ2) is 7.47. The second-order valence-corrected chi connectivity index (χ2v) is 7.63. The first-order chi connectivity index (χ1) is 13.5. The molecule has 0 aliphatic carbocycles. The number of hydrogen-bond acceptors (Lipinski definition) is 5. The summed E-state index contributed by atoms with van der Waals surface area (Å²) in [4.78, 5) is 26.4. The predicted molar refractivity (Wildman–Crippen MR) is 105 cm³/mol. The van der Waals surface area contributed by atoms with E-state index in [2.05, 4.69) is 15.5 Å². The van der Waals surface area contributed by atoms with Gasteiger partial charge in [-0.2, -0.15) is 0 Å². The Balaban J connectivity index is 1.46. The van der Waals surface area contributed by atoms with Crippen LogP contribution in [0, 0.1) is 12.7 Å². The molecule has 2 aromatic carbocycles. The van der Waals surface area contributed by atoms with Crippen LogP contribution in [0.15, 0.2) is 48.5 Å². The zero-order valence-corrected chi connectivity index (χ0v) is 15.9. The molecule has 1 aliphatic rings. The predicted octanol–water partition coefficient (Wildman–Crippen LogP) is 3.76. The molecule has 6 nitrogen and oxygen atoms in total. The smallest absolute Gasteiger partial charge is 0.260 e. The highest BCUT2D eigenvalue weighted by Crippen LogP contribution is 2.34. The fourth-order valence-electron chi connectivity index (χ4n) is 3.11. The Bertz CT molecular complexity index is 1030. The zero-order chi connectivity index (χ0) is 19.7. The molecule has 2 heterocycles. The van der Waals surface area contributed by atoms with E-state index >= 15 is 0 Å². The van der Waals surface area contributed by atoms with Crippen molar-refractivity contribution in [3.05, 3.63) is 70.5 Å². The fraction of sp³-hybridized carbons (Fsp3) is 0.200. The molecule has 8 heteroatoms. The number of carbonyl (C=O) groups is 2. The Hall–Kier alpha value is -3.13. The van der Waals surface area contributed by atoms with Gasteiger partial charge >= 0.3 is 0 Å². The SMILES string of the molecule is Cc1ccc(N2C[C@@H](c3nnc(NC(=O)c4ccccc4F)s3)CC2=O)cc1. The van der Waals surface area contributed by atoms with Gasteiger partial charge in [-0.25, -0.2) is 4.39 Å². The van der Waals surface area contributed by atoms with Crippen LogP contribution in [0.1, 0.15) is 33.3 Å². The third kappa shape index (κ3) is 3.63. The van der Waals surface area contributed by atoms with Gasteiger partial charge < -0.3 is 4.90 Å². The molecule has 1 atom stereocenters. The van der Waals surface area contributed by atoms with Crippen LogP contribution in [-0.4, -0.2) is 28.6 Å². The maximum atomic E-state index is 13.7. The molecule has 3 aromatic rings. The Kier molecular flexibility index (Phi) is 4.87. The molecule has 0 spiro atoms. The summed E-state index contributed by atoms with van der Waals surface area (Å²) in [5.41, 5.74) is 1.93. The minimum atomic E-state index is -0.597. The zero-order valence-electron chi connectivity index (χ0n) is 15.1. The van der Waals surface area contributed by atoms with Crippen molar-refractivity contribution in [3.63, 3.8) is 0 Å². The van der Waals surface area contributed by atoms with Crippen LogP contribution >= 0.6 is 11.3 Å². The van der Waals surface area contributed by atoms with Crippen LogP contribution in [0.4, 0.5) is 15.2 Å². The van der Waals surface area contributed by atoms with Gasteiger partial charge in [0, 0.05) is 24.6 Å². The van der Waals surface area contributed by atoms with Crippen molar-refractivity contribution in [1.29, 1.82) is 0 Å². The van der Waals surface area contributed by atoms with Gasteiger partial charge in [0.15, 0.2) is 0 Å². The van der Waals surface area contributed by atoms with Crippen molar-refractivity contribution in [3.8, 4) is 0 Å². The van der Waals surface area contributed by atoms with E-state index in [4.69, 9.17) is 0 Å². The summed E-state index contributed by atoms with van der Waals surface area (Å²) in [6, 6.07) is 13.5. The van der Waals surface area contributed by atoms with E-state index in [0.29, 0.717) is 18.0 Å². The van der Waals surface area contributed by atoms with Crippen molar-refractivity contribution in [1.82, 2.24) is 10.2 Å². The van der Waals surface area contributed by atoms with Crippen molar-refractivity contribution >= 4 is 34.0 Å². The van der Waals surface area contributed by atoms with Crippen LogP contribution in [0.2, 0.25) is 0 Å². The van der Waals surface area contributed by atoms with E-state index in [0.717, 1.165) is 11.3 Å². The highest BCUT2D eigenvalue weighted by molar-refractivity contribution is 7.15. The Morgan fingerprint density at radius 2 is 1.93 bits per heavy atom. The number of amides is 2. The normalized spacial score (nSPS) is 16.4. The Morgan fingerprint density at radius 1 is 1.18 bits per heavy atom. The largest absolute Gasteiger partial charge is 0.312 e. The minimum Gasteiger partial charge on any atom is -0.312 e. The molecule has 1 aliphatic heterocycles. The Morgan fingerprint density at radius 3 is 2.68 bits per heavy atom. The molecule has 0 bridgehead atoms. The van der Waals surface area contributed by atoms with Gasteiger partial charge in [-0.15, -0.1) is 10.2 Å². The lowest BCUT2D eigenvalue weighted by Gasteiger charge is -2.16. The molecule has 0 unspecified atom stereocenters. The Labute approximate surface area is 165 Å². The molecule has 1 saturated heterocycles. The lowest BCUT2D eigenvalue weighted by atomic mass is 10.1. The topological polar surface area (TPSA) is 75.2 Å². The number of hydrogen-bond donors (Lipinski definition) is 1. The van der Waals surface area contributed by atoms with Gasteiger partial charge in [0.1, 0.15) is 10.8 Å². The van der Waals surface area contributed by atoms with E-state index in [1.807, 2.05) is 31.2 Å². The number of aromatic nitrogens is 2. The standard InChI is InChI=1S/C20H17FN4O2S/c1-12-6-8-14(9-7-12)25-11-13(10-17(25)26)19-23-24-20(28-19)22-18(27)15-4-2-3-5-16(15)21/h2-9,13H,10-11H2,1H3,(H,22,24,27)/t13-/m0/s1. The van der Waals surface area contributed by atoms with E-state index < -0.39 is 11.7 Å². The summed E-state index contributed by atoms with van der Waals surface area (Å²) >= 11 is 1.21. The number of rotatable bonds is 4. The van der Waals surface area contributed by atoms with E-state index in [-0.39, 0.29) is 22.5 Å². The third-order valence-electron chi connectivity index (χ3n) is 4.60. The van der Waals surface area contributed by atoms with Crippen molar-refractivity contribution in [2.45, 2.75) is 19.3 Å². The van der Waals surface area contributed by atoms with Gasteiger partial charge in [-0.3, -0.25) is 14.9 Å². The quantitative estimate of drug-likeness (QED) is 0.729. The maximum absolute atomic E-state index is 13.7. The van der Waals surface area contributed by atoms with E-state index in [9.17, 15) is 14.0 Å². The van der Waals surface area contributed by atoms with Gasteiger partial charge in [0.25, 0.3) is 5.91 Å². The number of nitrogens with one attached hydrogen (secondary N) is 1. The van der Waals surface area contributed by atoms with Crippen LogP contribution in [0.3, 0.4) is 0 Å². The monoisotopic (exact) mass is 396 g/mol. The molecule has 0 saturated carbocycles.